The number of hydrogen-bond acceptors (Lipinski definition) is 5. The van der Waals surface area contributed by atoms with Crippen LogP contribution in [0.1, 0.15) is 10.4 Å². The third-order valence-electron chi connectivity index (χ3n) is 1.93. The zero-order valence-electron chi connectivity index (χ0n) is 8.02. The standard InChI is InChI=1S/C10H9NO2S2/c1-13-10(12)6-5-8(15-9(6)11)7-3-2-4-14-7/h2-5H,11H2,1H3. The van der Waals surface area contributed by atoms with E-state index in [1.54, 1.807) is 17.4 Å². The summed E-state index contributed by atoms with van der Waals surface area (Å²) in [4.78, 5) is 13.4. The molecule has 0 aliphatic heterocycles. The van der Waals surface area contributed by atoms with Crippen molar-refractivity contribution in [2.24, 2.45) is 0 Å². The zero-order chi connectivity index (χ0) is 10.8. The van der Waals surface area contributed by atoms with Gasteiger partial charge in [-0.2, -0.15) is 0 Å². The van der Waals surface area contributed by atoms with Crippen LogP contribution in [0.5, 0.6) is 0 Å². The Morgan fingerprint density at radius 2 is 2.27 bits per heavy atom. The molecule has 0 saturated carbocycles. The van der Waals surface area contributed by atoms with E-state index < -0.39 is 0 Å². The number of anilines is 1. The van der Waals surface area contributed by atoms with Gasteiger partial charge in [0.05, 0.1) is 12.7 Å². The van der Waals surface area contributed by atoms with Crippen molar-refractivity contribution in [1.29, 1.82) is 0 Å². The number of hydrogen-bond donors (Lipinski definition) is 1. The first-order chi connectivity index (χ1) is 7.22. The molecule has 3 nitrogen and oxygen atoms in total. The molecule has 0 saturated heterocycles. The molecule has 0 aliphatic rings. The smallest absolute Gasteiger partial charge is 0.340 e. The van der Waals surface area contributed by atoms with Crippen molar-refractivity contribution in [3.63, 3.8) is 0 Å². The minimum atomic E-state index is -0.383. The first kappa shape index (κ1) is 10.2. The predicted molar refractivity (Wildman–Crippen MR) is 63.4 cm³/mol. The number of methoxy groups -OCH3 is 1. The van der Waals surface area contributed by atoms with Crippen LogP contribution in [0, 0.1) is 0 Å². The molecule has 0 spiro atoms. The minimum absolute atomic E-state index is 0.383. The Balaban J connectivity index is 2.41. The maximum absolute atomic E-state index is 11.3. The summed E-state index contributed by atoms with van der Waals surface area (Å²) in [6.07, 6.45) is 0. The maximum atomic E-state index is 11.3. The van der Waals surface area contributed by atoms with Crippen LogP contribution in [0.4, 0.5) is 5.00 Å². The second kappa shape index (κ2) is 4.04. The Kier molecular flexibility index (Phi) is 2.75. The molecular formula is C10H9NO2S2. The molecule has 0 aromatic carbocycles. The molecular weight excluding hydrogens is 230 g/mol. The van der Waals surface area contributed by atoms with Crippen LogP contribution >= 0.6 is 22.7 Å². The Labute approximate surface area is 95.1 Å². The van der Waals surface area contributed by atoms with E-state index in [4.69, 9.17) is 5.73 Å². The average Bonchev–Trinajstić information content (AvgIpc) is 2.84. The lowest BCUT2D eigenvalue weighted by Gasteiger charge is -1.94. The molecule has 2 rings (SSSR count). The highest BCUT2D eigenvalue weighted by atomic mass is 32.1. The number of nitrogens with two attached hydrogens (primary N) is 1. The predicted octanol–water partition coefficient (Wildman–Crippen LogP) is 2.85. The van der Waals surface area contributed by atoms with E-state index in [1.807, 2.05) is 17.5 Å². The molecule has 0 aliphatic carbocycles. The van der Waals surface area contributed by atoms with Gasteiger partial charge in [0, 0.05) is 9.75 Å². The van der Waals surface area contributed by atoms with E-state index in [9.17, 15) is 4.79 Å². The van der Waals surface area contributed by atoms with Crippen LogP contribution in [0.25, 0.3) is 9.75 Å². The molecule has 0 amide bonds. The van der Waals surface area contributed by atoms with Crippen LogP contribution in [-0.4, -0.2) is 13.1 Å². The zero-order valence-corrected chi connectivity index (χ0v) is 9.65. The van der Waals surface area contributed by atoms with Crippen LogP contribution in [-0.2, 0) is 4.74 Å². The summed E-state index contributed by atoms with van der Waals surface area (Å²) in [5, 5.41) is 2.49. The summed E-state index contributed by atoms with van der Waals surface area (Å²) in [5.41, 5.74) is 6.20. The van der Waals surface area contributed by atoms with Gasteiger partial charge >= 0.3 is 5.97 Å². The van der Waals surface area contributed by atoms with Crippen molar-refractivity contribution < 1.29 is 9.53 Å². The monoisotopic (exact) mass is 239 g/mol. The van der Waals surface area contributed by atoms with Gasteiger partial charge in [-0.3, -0.25) is 0 Å². The summed E-state index contributed by atoms with van der Waals surface area (Å²) in [6.45, 7) is 0. The molecule has 0 atom stereocenters. The van der Waals surface area contributed by atoms with Crippen molar-refractivity contribution in [2.45, 2.75) is 0 Å². The number of rotatable bonds is 2. The SMILES string of the molecule is COC(=O)c1cc(-c2cccs2)sc1N. The maximum Gasteiger partial charge on any atom is 0.340 e. The minimum Gasteiger partial charge on any atom is -0.465 e. The largest absolute Gasteiger partial charge is 0.465 e. The van der Waals surface area contributed by atoms with Gasteiger partial charge in [0.1, 0.15) is 5.00 Å². The molecule has 2 N–H and O–H groups in total. The molecule has 2 aromatic heterocycles. The number of ether oxygens (including phenoxy) is 1. The van der Waals surface area contributed by atoms with Gasteiger partial charge in [-0.15, -0.1) is 22.7 Å². The highest BCUT2D eigenvalue weighted by Crippen LogP contribution is 2.35. The Hall–Kier alpha value is -1.33. The lowest BCUT2D eigenvalue weighted by Crippen LogP contribution is -2.01. The van der Waals surface area contributed by atoms with Crippen molar-refractivity contribution in [3.8, 4) is 9.75 Å². The van der Waals surface area contributed by atoms with E-state index >= 15 is 0 Å². The molecule has 5 heteroatoms. The van der Waals surface area contributed by atoms with E-state index in [2.05, 4.69) is 4.74 Å². The topological polar surface area (TPSA) is 52.3 Å². The number of nitrogen functional groups attached to an aromatic ring is 1. The van der Waals surface area contributed by atoms with Crippen LogP contribution in [0.3, 0.4) is 0 Å². The van der Waals surface area contributed by atoms with E-state index in [0.29, 0.717) is 10.6 Å². The van der Waals surface area contributed by atoms with Crippen LogP contribution < -0.4 is 5.73 Å². The molecule has 0 unspecified atom stereocenters. The van der Waals surface area contributed by atoms with Gasteiger partial charge in [0.15, 0.2) is 0 Å². The van der Waals surface area contributed by atoms with Gasteiger partial charge in [0.2, 0.25) is 0 Å². The van der Waals surface area contributed by atoms with Gasteiger partial charge < -0.3 is 10.5 Å². The van der Waals surface area contributed by atoms with E-state index in [0.717, 1.165) is 9.75 Å². The molecule has 0 fully saturated rings. The van der Waals surface area contributed by atoms with Gasteiger partial charge in [-0.05, 0) is 17.5 Å². The molecule has 0 radical (unpaired) electrons. The van der Waals surface area contributed by atoms with E-state index in [1.165, 1.54) is 18.4 Å². The van der Waals surface area contributed by atoms with Crippen molar-refractivity contribution in [3.05, 3.63) is 29.1 Å². The van der Waals surface area contributed by atoms with Gasteiger partial charge in [-0.25, -0.2) is 4.79 Å². The number of carbonyl (C=O) groups is 1. The second-order valence-electron chi connectivity index (χ2n) is 2.86. The van der Waals surface area contributed by atoms with Crippen molar-refractivity contribution >= 4 is 33.6 Å². The highest BCUT2D eigenvalue weighted by Gasteiger charge is 2.15. The van der Waals surface area contributed by atoms with Crippen LogP contribution in [0.15, 0.2) is 23.6 Å². The van der Waals surface area contributed by atoms with Crippen molar-refractivity contribution in [1.82, 2.24) is 0 Å². The molecule has 2 heterocycles. The first-order valence-corrected chi connectivity index (χ1v) is 5.93. The third-order valence-corrected chi connectivity index (χ3v) is 3.96. The summed E-state index contributed by atoms with van der Waals surface area (Å²) in [7, 11) is 1.35. The quantitative estimate of drug-likeness (QED) is 0.820. The Bertz CT molecular complexity index is 474. The summed E-state index contributed by atoms with van der Waals surface area (Å²) in [6, 6.07) is 5.74. The average molecular weight is 239 g/mol. The number of carbonyl (C=O) groups excluding carboxylic acids is 1. The molecule has 0 bridgehead atoms. The molecule has 78 valence electrons. The lowest BCUT2D eigenvalue weighted by atomic mass is 10.3. The number of thiophene rings is 2. The third kappa shape index (κ3) is 1.88. The fraction of sp³-hybridized carbons (Fsp3) is 0.100. The van der Waals surface area contributed by atoms with Crippen LogP contribution in [0.2, 0.25) is 0 Å². The van der Waals surface area contributed by atoms with Gasteiger partial charge in [-0.1, -0.05) is 6.07 Å². The Morgan fingerprint density at radius 3 is 2.87 bits per heavy atom. The van der Waals surface area contributed by atoms with Crippen molar-refractivity contribution in [2.75, 3.05) is 12.8 Å². The summed E-state index contributed by atoms with van der Waals surface area (Å²) >= 11 is 3.02. The second-order valence-corrected chi connectivity index (χ2v) is 4.89. The number of esters is 1. The normalized spacial score (nSPS) is 10.2. The molecule has 15 heavy (non-hydrogen) atoms. The summed E-state index contributed by atoms with van der Waals surface area (Å²) < 4.78 is 4.64. The fourth-order valence-corrected chi connectivity index (χ4v) is 2.95. The lowest BCUT2D eigenvalue weighted by molar-refractivity contribution is 0.0602. The highest BCUT2D eigenvalue weighted by molar-refractivity contribution is 7.23. The Morgan fingerprint density at radius 1 is 1.47 bits per heavy atom. The summed E-state index contributed by atoms with van der Waals surface area (Å²) in [5.74, 6) is -0.383. The first-order valence-electron chi connectivity index (χ1n) is 4.24. The molecule has 2 aromatic rings. The fourth-order valence-electron chi connectivity index (χ4n) is 1.21. The van der Waals surface area contributed by atoms with Gasteiger partial charge in [0.25, 0.3) is 0 Å². The van der Waals surface area contributed by atoms with E-state index in [-0.39, 0.29) is 5.97 Å².